The third-order valence-corrected chi connectivity index (χ3v) is 4.72. The van der Waals surface area contributed by atoms with E-state index in [4.69, 9.17) is 0 Å². The molecule has 2 fully saturated rings. The van der Waals surface area contributed by atoms with E-state index in [9.17, 15) is 0 Å². The fourth-order valence-corrected chi connectivity index (χ4v) is 3.14. The van der Waals surface area contributed by atoms with Crippen LogP contribution in [0.5, 0.6) is 0 Å². The van der Waals surface area contributed by atoms with Crippen molar-refractivity contribution in [2.45, 2.75) is 51.2 Å². The van der Waals surface area contributed by atoms with Crippen molar-refractivity contribution < 1.29 is 0 Å². The van der Waals surface area contributed by atoms with E-state index in [2.05, 4.69) is 53.4 Å². The number of anilines is 1. The van der Waals surface area contributed by atoms with Crippen LogP contribution < -0.4 is 10.2 Å². The maximum atomic E-state index is 4.51. The highest BCUT2D eigenvalue weighted by molar-refractivity contribution is 5.54. The molecule has 4 nitrogen and oxygen atoms in total. The summed E-state index contributed by atoms with van der Waals surface area (Å²) in [7, 11) is 4.39. The molecule has 1 aromatic rings. The molecule has 1 atom stereocenters. The SMILES string of the molecule is Cc1cc(N2CCCC(N(C)C)C2)c(CNC2CC2)cn1. The molecule has 1 N–H and O–H groups in total. The van der Waals surface area contributed by atoms with E-state index in [-0.39, 0.29) is 0 Å². The number of hydrogen-bond donors (Lipinski definition) is 1. The molecule has 0 spiro atoms. The zero-order chi connectivity index (χ0) is 14.8. The van der Waals surface area contributed by atoms with Crippen LogP contribution in [0.15, 0.2) is 12.3 Å². The first kappa shape index (κ1) is 14.8. The van der Waals surface area contributed by atoms with Crippen molar-refractivity contribution in [3.63, 3.8) is 0 Å². The third kappa shape index (κ3) is 3.74. The molecular weight excluding hydrogens is 260 g/mol. The van der Waals surface area contributed by atoms with E-state index in [1.54, 1.807) is 0 Å². The van der Waals surface area contributed by atoms with E-state index in [1.165, 1.54) is 43.5 Å². The molecule has 116 valence electrons. The number of pyridine rings is 1. The second-order valence-electron chi connectivity index (χ2n) is 6.82. The van der Waals surface area contributed by atoms with Crippen molar-refractivity contribution in [2.75, 3.05) is 32.1 Å². The molecule has 2 heterocycles. The van der Waals surface area contributed by atoms with Gasteiger partial charge in [-0.1, -0.05) is 0 Å². The molecule has 4 heteroatoms. The maximum absolute atomic E-state index is 4.51. The normalized spacial score (nSPS) is 22.9. The Balaban J connectivity index is 1.76. The molecule has 1 aliphatic carbocycles. The highest BCUT2D eigenvalue weighted by atomic mass is 15.2. The van der Waals surface area contributed by atoms with Crippen LogP contribution in [0.1, 0.15) is 36.9 Å². The average Bonchev–Trinajstić information content (AvgIpc) is 3.30. The summed E-state index contributed by atoms with van der Waals surface area (Å²) in [5, 5.41) is 3.63. The Morgan fingerprint density at radius 3 is 2.86 bits per heavy atom. The Labute approximate surface area is 128 Å². The third-order valence-electron chi connectivity index (χ3n) is 4.72. The van der Waals surface area contributed by atoms with Crippen LogP contribution in [-0.4, -0.2) is 49.2 Å². The lowest BCUT2D eigenvalue weighted by Crippen LogP contribution is -2.45. The highest BCUT2D eigenvalue weighted by Gasteiger charge is 2.24. The van der Waals surface area contributed by atoms with Gasteiger partial charge in [0.1, 0.15) is 0 Å². The van der Waals surface area contributed by atoms with Gasteiger partial charge in [-0.3, -0.25) is 4.98 Å². The Kier molecular flexibility index (Phi) is 4.45. The van der Waals surface area contributed by atoms with Gasteiger partial charge in [0, 0.05) is 54.9 Å². The first-order valence-electron chi connectivity index (χ1n) is 8.24. The first-order chi connectivity index (χ1) is 10.1. The molecule has 3 rings (SSSR count). The summed E-state index contributed by atoms with van der Waals surface area (Å²) in [6.07, 6.45) is 7.32. The molecule has 0 bridgehead atoms. The van der Waals surface area contributed by atoms with E-state index in [1.807, 2.05) is 0 Å². The van der Waals surface area contributed by atoms with Crippen molar-refractivity contribution in [1.29, 1.82) is 0 Å². The van der Waals surface area contributed by atoms with Crippen LogP contribution in [-0.2, 0) is 6.54 Å². The monoisotopic (exact) mass is 288 g/mol. The minimum atomic E-state index is 0.663. The second kappa shape index (κ2) is 6.32. The smallest absolute Gasteiger partial charge is 0.0446 e. The summed E-state index contributed by atoms with van der Waals surface area (Å²) in [5.74, 6) is 0. The van der Waals surface area contributed by atoms with Crippen LogP contribution >= 0.6 is 0 Å². The number of aromatic nitrogens is 1. The Hall–Kier alpha value is -1.13. The summed E-state index contributed by atoms with van der Waals surface area (Å²) >= 11 is 0. The molecule has 1 saturated carbocycles. The molecule has 1 saturated heterocycles. The van der Waals surface area contributed by atoms with Crippen molar-refractivity contribution in [1.82, 2.24) is 15.2 Å². The number of rotatable bonds is 5. The van der Waals surface area contributed by atoms with Gasteiger partial charge < -0.3 is 15.1 Å². The van der Waals surface area contributed by atoms with Gasteiger partial charge in [-0.2, -0.15) is 0 Å². The maximum Gasteiger partial charge on any atom is 0.0446 e. The highest BCUT2D eigenvalue weighted by Crippen LogP contribution is 2.27. The van der Waals surface area contributed by atoms with Gasteiger partial charge in [0.25, 0.3) is 0 Å². The van der Waals surface area contributed by atoms with Crippen LogP contribution in [0.2, 0.25) is 0 Å². The van der Waals surface area contributed by atoms with Crippen molar-refractivity contribution in [2.24, 2.45) is 0 Å². The number of likely N-dealkylation sites (N-methyl/N-ethyl adjacent to an activating group) is 1. The van der Waals surface area contributed by atoms with Crippen LogP contribution in [0, 0.1) is 6.92 Å². The van der Waals surface area contributed by atoms with Crippen molar-refractivity contribution in [3.05, 3.63) is 23.5 Å². The van der Waals surface area contributed by atoms with Gasteiger partial charge in [0.15, 0.2) is 0 Å². The van der Waals surface area contributed by atoms with E-state index in [0.717, 1.165) is 24.8 Å². The van der Waals surface area contributed by atoms with Gasteiger partial charge in [-0.25, -0.2) is 0 Å². The van der Waals surface area contributed by atoms with E-state index in [0.29, 0.717) is 6.04 Å². The summed E-state index contributed by atoms with van der Waals surface area (Å²) in [6, 6.07) is 3.67. The standard InChI is InChI=1S/C17H28N4/c1-13-9-17(14(10-18-13)11-19-15-6-7-15)21-8-4-5-16(12-21)20(2)3/h9-10,15-16,19H,4-8,11-12H2,1-3H3. The Morgan fingerprint density at radius 1 is 1.33 bits per heavy atom. The largest absolute Gasteiger partial charge is 0.370 e. The summed E-state index contributed by atoms with van der Waals surface area (Å²) < 4.78 is 0. The van der Waals surface area contributed by atoms with E-state index < -0.39 is 0 Å². The van der Waals surface area contributed by atoms with Crippen LogP contribution in [0.25, 0.3) is 0 Å². The van der Waals surface area contributed by atoms with Crippen molar-refractivity contribution >= 4 is 5.69 Å². The van der Waals surface area contributed by atoms with Crippen molar-refractivity contribution in [3.8, 4) is 0 Å². The lowest BCUT2D eigenvalue weighted by atomic mass is 10.0. The number of nitrogens with zero attached hydrogens (tertiary/aromatic N) is 3. The summed E-state index contributed by atoms with van der Waals surface area (Å²) in [5.41, 5.74) is 3.86. The Bertz CT molecular complexity index is 482. The molecule has 1 aromatic heterocycles. The zero-order valence-electron chi connectivity index (χ0n) is 13.6. The quantitative estimate of drug-likeness (QED) is 0.900. The predicted octanol–water partition coefficient (Wildman–Crippen LogP) is 2.17. The molecule has 0 radical (unpaired) electrons. The lowest BCUT2D eigenvalue weighted by Gasteiger charge is -2.38. The number of aryl methyl sites for hydroxylation is 1. The van der Waals surface area contributed by atoms with Gasteiger partial charge in [0.2, 0.25) is 0 Å². The first-order valence-corrected chi connectivity index (χ1v) is 8.24. The Morgan fingerprint density at radius 2 is 2.14 bits per heavy atom. The molecule has 1 aliphatic heterocycles. The lowest BCUT2D eigenvalue weighted by molar-refractivity contribution is 0.258. The van der Waals surface area contributed by atoms with E-state index >= 15 is 0 Å². The minimum Gasteiger partial charge on any atom is -0.370 e. The average molecular weight is 288 g/mol. The zero-order valence-corrected chi connectivity index (χ0v) is 13.6. The second-order valence-corrected chi connectivity index (χ2v) is 6.82. The minimum absolute atomic E-state index is 0.663. The van der Waals surface area contributed by atoms with Gasteiger partial charge in [-0.05, 0) is 52.8 Å². The number of hydrogen-bond acceptors (Lipinski definition) is 4. The van der Waals surface area contributed by atoms with Gasteiger partial charge in [-0.15, -0.1) is 0 Å². The fraction of sp³-hybridized carbons (Fsp3) is 0.706. The van der Waals surface area contributed by atoms with Gasteiger partial charge in [0.05, 0.1) is 0 Å². The van der Waals surface area contributed by atoms with Gasteiger partial charge >= 0.3 is 0 Å². The molecule has 0 amide bonds. The summed E-state index contributed by atoms with van der Waals surface area (Å²) in [4.78, 5) is 9.44. The van der Waals surface area contributed by atoms with Crippen LogP contribution in [0.4, 0.5) is 5.69 Å². The molecule has 1 unspecified atom stereocenters. The molecule has 0 aromatic carbocycles. The molecule has 21 heavy (non-hydrogen) atoms. The number of nitrogens with one attached hydrogen (secondary N) is 1. The predicted molar refractivity (Wildman–Crippen MR) is 87.8 cm³/mol. The van der Waals surface area contributed by atoms with Crippen LogP contribution in [0.3, 0.4) is 0 Å². The molecule has 2 aliphatic rings. The fourth-order valence-electron chi connectivity index (χ4n) is 3.14. The number of piperidine rings is 1. The summed E-state index contributed by atoms with van der Waals surface area (Å²) in [6.45, 7) is 5.35. The molecular formula is C17H28N4. The topological polar surface area (TPSA) is 31.4 Å².